The van der Waals surface area contributed by atoms with Crippen LogP contribution in [0, 0.1) is 0 Å². The van der Waals surface area contributed by atoms with Crippen molar-refractivity contribution in [2.75, 3.05) is 5.73 Å². The van der Waals surface area contributed by atoms with Crippen LogP contribution in [0.25, 0.3) is 10.8 Å². The van der Waals surface area contributed by atoms with Crippen LogP contribution in [0.5, 0.6) is 5.75 Å². The molecule has 0 atom stereocenters. The molecule has 20 heavy (non-hydrogen) atoms. The summed E-state index contributed by atoms with van der Waals surface area (Å²) < 4.78 is 63.3. The molecule has 8 nitrogen and oxygen atoms in total. The predicted molar refractivity (Wildman–Crippen MR) is 69.7 cm³/mol. The van der Waals surface area contributed by atoms with Gasteiger partial charge in [0.1, 0.15) is 15.5 Å². The highest BCUT2D eigenvalue weighted by atomic mass is 32.2. The van der Waals surface area contributed by atoms with Crippen molar-refractivity contribution >= 4 is 36.7 Å². The molecule has 0 bridgehead atoms. The number of benzene rings is 2. The summed E-state index contributed by atoms with van der Waals surface area (Å²) in [5, 5.41) is 8.94. The number of nitrogen functional groups attached to an aromatic ring is 1. The van der Waals surface area contributed by atoms with Gasteiger partial charge in [0, 0.05) is 16.5 Å². The minimum absolute atomic E-state index is 0.166. The standard InChI is InChI=1S/C10H9NO7S2/c11-5-3-6-8(19(13,14)15)2-1-7(12)10(6)9(4-5)20(16,17)18/h1-4,12H,11H2,(H,13,14,15)(H,16,17,18). The van der Waals surface area contributed by atoms with E-state index in [0.717, 1.165) is 24.3 Å². The van der Waals surface area contributed by atoms with Crippen molar-refractivity contribution < 1.29 is 31.0 Å². The van der Waals surface area contributed by atoms with Crippen molar-refractivity contribution in [2.45, 2.75) is 9.79 Å². The maximum Gasteiger partial charge on any atom is 0.295 e. The molecule has 2 aromatic carbocycles. The number of aromatic hydroxyl groups is 1. The molecule has 0 unspecified atom stereocenters. The Labute approximate surface area is 114 Å². The lowest BCUT2D eigenvalue weighted by Crippen LogP contribution is -2.04. The SMILES string of the molecule is Nc1cc(S(=O)(=O)O)c2c(O)ccc(S(=O)(=O)O)c2c1. The molecule has 0 saturated heterocycles. The smallest absolute Gasteiger partial charge is 0.295 e. The summed E-state index contributed by atoms with van der Waals surface area (Å²) in [5.41, 5.74) is 5.28. The van der Waals surface area contributed by atoms with Gasteiger partial charge in [-0.15, -0.1) is 0 Å². The quantitative estimate of drug-likeness (QED) is 0.463. The van der Waals surface area contributed by atoms with Crippen molar-refractivity contribution in [2.24, 2.45) is 0 Å². The van der Waals surface area contributed by atoms with Gasteiger partial charge in [0.25, 0.3) is 20.2 Å². The first-order chi connectivity index (χ1) is 9.01. The van der Waals surface area contributed by atoms with E-state index < -0.39 is 41.2 Å². The fraction of sp³-hybridized carbons (Fsp3) is 0. The Bertz CT molecular complexity index is 916. The Morgan fingerprint density at radius 1 is 0.900 bits per heavy atom. The maximum atomic E-state index is 11.3. The average Bonchev–Trinajstić information content (AvgIpc) is 2.24. The number of phenolic OH excluding ortho intramolecular Hbond substituents is 1. The monoisotopic (exact) mass is 319 g/mol. The van der Waals surface area contributed by atoms with Gasteiger partial charge in [0.15, 0.2) is 0 Å². The van der Waals surface area contributed by atoms with E-state index in [1.165, 1.54) is 0 Å². The first-order valence-electron chi connectivity index (χ1n) is 5.02. The second-order valence-electron chi connectivity index (χ2n) is 3.97. The summed E-state index contributed by atoms with van der Waals surface area (Å²) in [6, 6.07) is 3.70. The number of rotatable bonds is 2. The molecule has 2 rings (SSSR count). The first kappa shape index (κ1) is 14.5. The molecule has 0 heterocycles. The Hall–Kier alpha value is -1.88. The molecule has 0 fully saturated rings. The third kappa shape index (κ3) is 2.41. The summed E-state index contributed by atoms with van der Waals surface area (Å²) in [4.78, 5) is -1.39. The van der Waals surface area contributed by atoms with Gasteiger partial charge in [-0.05, 0) is 24.3 Å². The largest absolute Gasteiger partial charge is 0.507 e. The molecule has 0 aliphatic carbocycles. The fourth-order valence-electron chi connectivity index (χ4n) is 1.85. The van der Waals surface area contributed by atoms with Gasteiger partial charge in [-0.3, -0.25) is 9.11 Å². The Morgan fingerprint density at radius 3 is 1.95 bits per heavy atom. The molecule has 108 valence electrons. The molecule has 5 N–H and O–H groups in total. The van der Waals surface area contributed by atoms with Crippen LogP contribution in [0.3, 0.4) is 0 Å². The number of hydrogen-bond donors (Lipinski definition) is 4. The van der Waals surface area contributed by atoms with Crippen LogP contribution < -0.4 is 5.73 Å². The summed E-state index contributed by atoms with van der Waals surface area (Å²) in [5.74, 6) is -0.583. The average molecular weight is 319 g/mol. The van der Waals surface area contributed by atoms with Crippen molar-refractivity contribution in [1.29, 1.82) is 0 Å². The van der Waals surface area contributed by atoms with Gasteiger partial charge in [-0.2, -0.15) is 16.8 Å². The number of anilines is 1. The third-order valence-corrected chi connectivity index (χ3v) is 4.38. The van der Waals surface area contributed by atoms with Crippen LogP contribution in [-0.4, -0.2) is 31.0 Å². The first-order valence-corrected chi connectivity index (χ1v) is 7.90. The maximum absolute atomic E-state index is 11.3. The zero-order valence-corrected chi connectivity index (χ0v) is 11.3. The van der Waals surface area contributed by atoms with Crippen LogP contribution in [0.15, 0.2) is 34.1 Å². The Morgan fingerprint density at radius 2 is 1.45 bits per heavy atom. The van der Waals surface area contributed by atoms with Crippen molar-refractivity contribution in [1.82, 2.24) is 0 Å². The predicted octanol–water partition coefficient (Wildman–Crippen LogP) is 0.621. The number of nitrogens with two attached hydrogens (primary N) is 1. The van der Waals surface area contributed by atoms with E-state index in [-0.39, 0.29) is 11.1 Å². The lowest BCUT2D eigenvalue weighted by Gasteiger charge is -2.10. The molecule has 2 aromatic rings. The minimum atomic E-state index is -4.75. The fourth-order valence-corrected chi connectivity index (χ4v) is 3.29. The van der Waals surface area contributed by atoms with Crippen LogP contribution in [-0.2, 0) is 20.2 Å². The number of phenols is 1. The minimum Gasteiger partial charge on any atom is -0.507 e. The van der Waals surface area contributed by atoms with E-state index in [0.29, 0.717) is 0 Å². The summed E-state index contributed by atoms with van der Waals surface area (Å²) in [7, 11) is -9.42. The molecule has 0 aliphatic rings. The van der Waals surface area contributed by atoms with E-state index in [2.05, 4.69) is 0 Å². The van der Waals surface area contributed by atoms with E-state index >= 15 is 0 Å². The van der Waals surface area contributed by atoms with Gasteiger partial charge < -0.3 is 10.8 Å². The normalized spacial score (nSPS) is 12.7. The highest BCUT2D eigenvalue weighted by Crippen LogP contribution is 2.36. The number of hydrogen-bond acceptors (Lipinski definition) is 6. The van der Waals surface area contributed by atoms with Gasteiger partial charge in [0.2, 0.25) is 0 Å². The van der Waals surface area contributed by atoms with Gasteiger partial charge >= 0.3 is 0 Å². The van der Waals surface area contributed by atoms with Crippen molar-refractivity contribution in [3.05, 3.63) is 24.3 Å². The van der Waals surface area contributed by atoms with Gasteiger partial charge in [0.05, 0.1) is 0 Å². The van der Waals surface area contributed by atoms with E-state index in [4.69, 9.17) is 14.8 Å². The zero-order valence-electron chi connectivity index (χ0n) is 9.68. The molecule has 0 aliphatic heterocycles. The molecule has 0 amide bonds. The molecule has 10 heteroatoms. The summed E-state index contributed by atoms with van der Waals surface area (Å²) in [6.07, 6.45) is 0. The van der Waals surface area contributed by atoms with Crippen LogP contribution >= 0.6 is 0 Å². The summed E-state index contributed by atoms with van der Waals surface area (Å²) >= 11 is 0. The molecular weight excluding hydrogens is 310 g/mol. The Balaban J connectivity index is 3.16. The lowest BCUT2D eigenvalue weighted by atomic mass is 10.1. The van der Waals surface area contributed by atoms with Crippen molar-refractivity contribution in [3.8, 4) is 5.75 Å². The van der Waals surface area contributed by atoms with E-state index in [1.807, 2.05) is 0 Å². The van der Waals surface area contributed by atoms with Crippen molar-refractivity contribution in [3.63, 3.8) is 0 Å². The topological polar surface area (TPSA) is 155 Å². The third-order valence-electron chi connectivity index (χ3n) is 2.59. The highest BCUT2D eigenvalue weighted by molar-refractivity contribution is 7.86. The molecule has 0 saturated carbocycles. The number of fused-ring (bicyclic) bond motifs is 1. The second kappa shape index (κ2) is 4.31. The van der Waals surface area contributed by atoms with Gasteiger partial charge in [-0.25, -0.2) is 0 Å². The molecule has 0 spiro atoms. The molecule has 0 radical (unpaired) electrons. The lowest BCUT2D eigenvalue weighted by molar-refractivity contribution is 0.472. The molecular formula is C10H9NO7S2. The second-order valence-corrected chi connectivity index (χ2v) is 6.75. The van der Waals surface area contributed by atoms with Crippen LogP contribution in [0.4, 0.5) is 5.69 Å². The van der Waals surface area contributed by atoms with Gasteiger partial charge in [-0.1, -0.05) is 0 Å². The van der Waals surface area contributed by atoms with E-state index in [1.54, 1.807) is 0 Å². The summed E-state index contributed by atoms with van der Waals surface area (Å²) in [6.45, 7) is 0. The molecule has 0 aromatic heterocycles. The van der Waals surface area contributed by atoms with E-state index in [9.17, 15) is 21.9 Å². The highest BCUT2D eigenvalue weighted by Gasteiger charge is 2.23. The Kier molecular flexibility index (Phi) is 3.13. The zero-order chi connectivity index (χ0) is 15.3. The van der Waals surface area contributed by atoms with Crippen LogP contribution in [0.1, 0.15) is 0 Å². The van der Waals surface area contributed by atoms with Crippen LogP contribution in [0.2, 0.25) is 0 Å².